The van der Waals surface area contributed by atoms with Gasteiger partial charge >= 0.3 is 0 Å². The molecule has 1 atom stereocenters. The molecule has 4 heteroatoms. The highest BCUT2D eigenvalue weighted by Crippen LogP contribution is 2.35. The maximum Gasteiger partial charge on any atom is 0.149 e. The lowest BCUT2D eigenvalue weighted by Crippen LogP contribution is -2.21. The van der Waals surface area contributed by atoms with Gasteiger partial charge in [0.05, 0.1) is 18.3 Å². The van der Waals surface area contributed by atoms with Crippen LogP contribution in [0.4, 0.5) is 5.82 Å². The molecule has 0 fully saturated rings. The molecule has 142 valence electrons. The van der Waals surface area contributed by atoms with Gasteiger partial charge in [0.15, 0.2) is 0 Å². The van der Waals surface area contributed by atoms with Crippen LogP contribution in [0.3, 0.4) is 0 Å². The third-order valence-electron chi connectivity index (χ3n) is 5.84. The first-order valence-electron chi connectivity index (χ1n) is 10.2. The van der Waals surface area contributed by atoms with Crippen molar-refractivity contribution in [3.05, 3.63) is 70.8 Å². The molecule has 1 aliphatic heterocycles. The van der Waals surface area contributed by atoms with Crippen molar-refractivity contribution in [3.8, 4) is 17.0 Å². The average Bonchev–Trinajstić information content (AvgIpc) is 2.74. The smallest absolute Gasteiger partial charge is 0.149 e. The van der Waals surface area contributed by atoms with Crippen LogP contribution in [0, 0.1) is 6.92 Å². The van der Waals surface area contributed by atoms with Gasteiger partial charge in [-0.15, -0.1) is 10.2 Å². The minimum Gasteiger partial charge on any atom is -0.493 e. The summed E-state index contributed by atoms with van der Waals surface area (Å²) in [7, 11) is 0. The van der Waals surface area contributed by atoms with Gasteiger partial charge < -0.3 is 10.1 Å². The number of hydrogen-bond acceptors (Lipinski definition) is 4. The zero-order valence-corrected chi connectivity index (χ0v) is 16.2. The highest BCUT2D eigenvalue weighted by molar-refractivity contribution is 5.62. The van der Waals surface area contributed by atoms with E-state index in [0.717, 1.165) is 29.2 Å². The van der Waals surface area contributed by atoms with E-state index in [4.69, 9.17) is 4.74 Å². The molecule has 1 unspecified atom stereocenters. The van der Waals surface area contributed by atoms with Crippen molar-refractivity contribution in [2.24, 2.45) is 0 Å². The van der Waals surface area contributed by atoms with E-state index in [1.54, 1.807) is 0 Å². The lowest BCUT2D eigenvalue weighted by atomic mass is 9.90. The molecule has 0 saturated carbocycles. The molecule has 1 aliphatic carbocycles. The summed E-state index contributed by atoms with van der Waals surface area (Å²) in [4.78, 5) is 0. The molecule has 28 heavy (non-hydrogen) atoms. The van der Waals surface area contributed by atoms with Crippen molar-refractivity contribution in [2.75, 3.05) is 11.9 Å². The van der Waals surface area contributed by atoms with E-state index in [0.29, 0.717) is 6.61 Å². The van der Waals surface area contributed by atoms with Crippen LogP contribution in [0.5, 0.6) is 5.75 Å². The molecule has 1 aromatic heterocycles. The number of nitrogens with one attached hydrogen (secondary N) is 1. The van der Waals surface area contributed by atoms with Crippen LogP contribution in [-0.4, -0.2) is 16.8 Å². The minimum atomic E-state index is 0.201. The second-order valence-corrected chi connectivity index (χ2v) is 7.87. The molecule has 2 aromatic carbocycles. The summed E-state index contributed by atoms with van der Waals surface area (Å²) < 4.78 is 5.79. The quantitative estimate of drug-likeness (QED) is 0.682. The molecule has 0 bridgehead atoms. The summed E-state index contributed by atoms with van der Waals surface area (Å²) in [6.45, 7) is 2.83. The molecule has 2 aliphatic rings. The van der Waals surface area contributed by atoms with Gasteiger partial charge in [-0.3, -0.25) is 0 Å². The largest absolute Gasteiger partial charge is 0.493 e. The van der Waals surface area contributed by atoms with Gasteiger partial charge in [-0.25, -0.2) is 0 Å². The van der Waals surface area contributed by atoms with Gasteiger partial charge in [0.25, 0.3) is 0 Å². The van der Waals surface area contributed by atoms with Gasteiger partial charge in [0.2, 0.25) is 0 Å². The topological polar surface area (TPSA) is 47.0 Å². The predicted molar refractivity (Wildman–Crippen MR) is 112 cm³/mol. The highest BCUT2D eigenvalue weighted by atomic mass is 16.5. The second kappa shape index (κ2) is 7.27. The Labute approximate surface area is 166 Å². The maximum atomic E-state index is 5.79. The van der Waals surface area contributed by atoms with Crippen molar-refractivity contribution in [1.82, 2.24) is 10.2 Å². The number of nitrogens with zero attached hydrogens (tertiary/aromatic N) is 2. The SMILES string of the molecule is Cc1ccc2c(c1)C(Nc1ccc(-c3ccc4c(c3)CCCC4)nn1)CCO2. The van der Waals surface area contributed by atoms with Gasteiger partial charge in [0.1, 0.15) is 11.6 Å². The van der Waals surface area contributed by atoms with E-state index in [2.05, 4.69) is 64.9 Å². The molecule has 2 heterocycles. The first kappa shape index (κ1) is 17.2. The maximum absolute atomic E-state index is 5.79. The summed E-state index contributed by atoms with van der Waals surface area (Å²) in [5.74, 6) is 1.77. The number of hydrogen-bond donors (Lipinski definition) is 1. The van der Waals surface area contributed by atoms with Crippen molar-refractivity contribution >= 4 is 5.82 Å². The monoisotopic (exact) mass is 371 g/mol. The Morgan fingerprint density at radius 1 is 0.929 bits per heavy atom. The lowest BCUT2D eigenvalue weighted by molar-refractivity contribution is 0.274. The van der Waals surface area contributed by atoms with E-state index >= 15 is 0 Å². The summed E-state index contributed by atoms with van der Waals surface area (Å²) in [6, 6.07) is 17.4. The molecule has 0 spiro atoms. The van der Waals surface area contributed by atoms with Crippen LogP contribution in [0.25, 0.3) is 11.3 Å². The van der Waals surface area contributed by atoms with Crippen LogP contribution in [-0.2, 0) is 12.8 Å². The van der Waals surface area contributed by atoms with E-state index in [-0.39, 0.29) is 6.04 Å². The van der Waals surface area contributed by atoms with Crippen molar-refractivity contribution in [2.45, 2.75) is 45.1 Å². The fourth-order valence-corrected chi connectivity index (χ4v) is 4.30. The number of anilines is 1. The third-order valence-corrected chi connectivity index (χ3v) is 5.84. The van der Waals surface area contributed by atoms with Gasteiger partial charge in [-0.2, -0.15) is 0 Å². The molecular weight excluding hydrogens is 346 g/mol. The number of ether oxygens (including phenoxy) is 1. The first-order valence-corrected chi connectivity index (χ1v) is 10.2. The molecule has 5 rings (SSSR count). The Hall–Kier alpha value is -2.88. The van der Waals surface area contributed by atoms with E-state index < -0.39 is 0 Å². The fraction of sp³-hybridized carbons (Fsp3) is 0.333. The van der Waals surface area contributed by atoms with Gasteiger partial charge in [-0.1, -0.05) is 29.8 Å². The summed E-state index contributed by atoms with van der Waals surface area (Å²) >= 11 is 0. The first-order chi connectivity index (χ1) is 13.8. The second-order valence-electron chi connectivity index (χ2n) is 7.87. The number of benzene rings is 2. The van der Waals surface area contributed by atoms with E-state index in [9.17, 15) is 0 Å². The van der Waals surface area contributed by atoms with Crippen molar-refractivity contribution in [1.29, 1.82) is 0 Å². The summed E-state index contributed by atoms with van der Waals surface area (Å²) in [6.07, 6.45) is 5.90. The van der Waals surface area contributed by atoms with Crippen LogP contribution in [0.15, 0.2) is 48.5 Å². The number of aryl methyl sites for hydroxylation is 3. The van der Waals surface area contributed by atoms with Crippen LogP contribution in [0.2, 0.25) is 0 Å². The highest BCUT2D eigenvalue weighted by Gasteiger charge is 2.22. The average molecular weight is 371 g/mol. The zero-order valence-electron chi connectivity index (χ0n) is 16.2. The molecule has 3 aromatic rings. The zero-order chi connectivity index (χ0) is 18.9. The van der Waals surface area contributed by atoms with Crippen LogP contribution >= 0.6 is 0 Å². The minimum absolute atomic E-state index is 0.201. The van der Waals surface area contributed by atoms with E-state index in [1.165, 1.54) is 47.9 Å². The van der Waals surface area contributed by atoms with Gasteiger partial charge in [0, 0.05) is 17.5 Å². The Kier molecular flexibility index (Phi) is 4.47. The lowest BCUT2D eigenvalue weighted by Gasteiger charge is -2.27. The Morgan fingerprint density at radius 3 is 2.68 bits per heavy atom. The van der Waals surface area contributed by atoms with Crippen LogP contribution in [0.1, 0.15) is 47.6 Å². The predicted octanol–water partition coefficient (Wildman–Crippen LogP) is 5.27. The van der Waals surface area contributed by atoms with Crippen LogP contribution < -0.4 is 10.1 Å². The van der Waals surface area contributed by atoms with E-state index in [1.807, 2.05) is 6.07 Å². The number of rotatable bonds is 3. The fourth-order valence-electron chi connectivity index (χ4n) is 4.30. The summed E-state index contributed by atoms with van der Waals surface area (Å²) in [5, 5.41) is 12.5. The Bertz CT molecular complexity index is 997. The molecule has 1 N–H and O–H groups in total. The van der Waals surface area contributed by atoms with Gasteiger partial charge in [-0.05, 0) is 68.0 Å². The van der Waals surface area contributed by atoms with Crippen molar-refractivity contribution in [3.63, 3.8) is 0 Å². The Balaban J connectivity index is 1.36. The molecule has 0 amide bonds. The Morgan fingerprint density at radius 2 is 1.82 bits per heavy atom. The van der Waals surface area contributed by atoms with Crippen molar-refractivity contribution < 1.29 is 4.74 Å². The molecule has 4 nitrogen and oxygen atoms in total. The summed E-state index contributed by atoms with van der Waals surface area (Å²) in [5.41, 5.74) is 7.50. The normalized spacial score (nSPS) is 18.0. The number of aromatic nitrogens is 2. The third kappa shape index (κ3) is 3.35. The molecule has 0 saturated heterocycles. The standard InChI is InChI=1S/C24H25N3O/c1-16-6-10-23-20(14-16)22(12-13-28-23)25-24-11-9-21(26-27-24)19-8-7-17-4-2-3-5-18(17)15-19/h6-11,14-15,22H,2-5,12-13H2,1H3,(H,25,27). The molecular formula is C24H25N3O. The molecule has 0 radical (unpaired) electrons. The number of fused-ring (bicyclic) bond motifs is 2.